The van der Waals surface area contributed by atoms with E-state index in [9.17, 15) is 3.09 Å². The van der Waals surface area contributed by atoms with Crippen LogP contribution in [0, 0.1) is 0 Å². The fourth-order valence-electron chi connectivity index (χ4n) is 1.14. The van der Waals surface area contributed by atoms with Crippen molar-refractivity contribution in [2.24, 2.45) is 0 Å². The molecule has 0 atom stereocenters. The molecule has 0 aromatic heterocycles. The summed E-state index contributed by atoms with van der Waals surface area (Å²) in [6.45, 7) is 7.37. The van der Waals surface area contributed by atoms with Gasteiger partial charge < -0.3 is 0 Å². The molecule has 0 bridgehead atoms. The van der Waals surface area contributed by atoms with E-state index in [4.69, 9.17) is 9.96 Å². The minimum atomic E-state index is -4.39. The molecule has 0 aliphatic rings. The fraction of sp³-hybridized carbons (Fsp3) is 1.00. The molecule has 0 heterocycles. The Balaban J connectivity index is 3.95. The average molecular weight is 286 g/mol. The van der Waals surface area contributed by atoms with E-state index in [1.54, 1.807) is 0 Å². The Morgan fingerprint density at radius 2 is 1.00 bits per heavy atom. The van der Waals surface area contributed by atoms with Crippen molar-refractivity contribution in [2.75, 3.05) is 19.8 Å². The van der Waals surface area contributed by atoms with Crippen LogP contribution in [0.15, 0.2) is 0 Å². The molecule has 5 heteroatoms. The van der Waals surface area contributed by atoms with Gasteiger partial charge in [-0.3, -0.25) is 0 Å². The summed E-state index contributed by atoms with van der Waals surface area (Å²) in [4.78, 5) is 0. The van der Waals surface area contributed by atoms with Gasteiger partial charge in [0.05, 0.1) is 0 Å². The zero-order chi connectivity index (χ0) is 13.0. The summed E-state index contributed by atoms with van der Waals surface area (Å²) in [5, 5.41) is 0. The van der Waals surface area contributed by atoms with Crippen LogP contribution in [0.3, 0.4) is 0 Å². The van der Waals surface area contributed by atoms with Crippen LogP contribution in [-0.4, -0.2) is 19.8 Å². The van der Waals surface area contributed by atoms with Gasteiger partial charge >= 0.3 is 110 Å². The van der Waals surface area contributed by atoms with Crippen LogP contribution in [-0.2, 0) is 28.2 Å². The van der Waals surface area contributed by atoms with Gasteiger partial charge in [0, 0.05) is 0 Å². The second kappa shape index (κ2) is 11.6. The van der Waals surface area contributed by atoms with Crippen LogP contribution in [0.1, 0.15) is 59.3 Å². The quantitative estimate of drug-likeness (QED) is 0.397. The van der Waals surface area contributed by atoms with E-state index < -0.39 is 18.3 Å². The van der Waals surface area contributed by atoms with Crippen molar-refractivity contribution in [3.63, 3.8) is 0 Å². The van der Waals surface area contributed by atoms with E-state index in [0.717, 1.165) is 38.5 Å². The van der Waals surface area contributed by atoms with E-state index in [1.165, 1.54) is 0 Å². The van der Waals surface area contributed by atoms with Gasteiger partial charge in [-0.05, 0) is 0 Å². The molecular formula is C12H27FO3Ti. The van der Waals surface area contributed by atoms with Crippen LogP contribution in [0.2, 0.25) is 0 Å². The number of hydrogen-bond acceptors (Lipinski definition) is 3. The van der Waals surface area contributed by atoms with Crippen molar-refractivity contribution in [2.45, 2.75) is 59.3 Å². The maximum absolute atomic E-state index is 14.3. The van der Waals surface area contributed by atoms with Crippen LogP contribution < -0.4 is 0 Å². The van der Waals surface area contributed by atoms with E-state index in [2.05, 4.69) is 0 Å². The molecule has 0 spiro atoms. The van der Waals surface area contributed by atoms with E-state index in [0.29, 0.717) is 19.8 Å². The second-order valence-corrected chi connectivity index (χ2v) is 6.94. The third-order valence-corrected chi connectivity index (χ3v) is 4.89. The summed E-state index contributed by atoms with van der Waals surface area (Å²) in [6, 6.07) is 0. The molecule has 0 rings (SSSR count). The summed E-state index contributed by atoms with van der Waals surface area (Å²) < 4.78 is 30.0. The molecule has 0 fully saturated rings. The zero-order valence-electron chi connectivity index (χ0n) is 11.5. The van der Waals surface area contributed by atoms with Gasteiger partial charge in [0.1, 0.15) is 0 Å². The van der Waals surface area contributed by atoms with E-state index in [-0.39, 0.29) is 0 Å². The minimum absolute atomic E-state index is 0.408. The molecule has 0 aromatic carbocycles. The standard InChI is InChI=1S/3C4H9O.FH.Ti/c3*1-2-3-4-5;;/h3*2-4H2,1H3;1H;/q3*-1;;+4/p-1. The van der Waals surface area contributed by atoms with Crippen molar-refractivity contribution in [3.8, 4) is 0 Å². The van der Waals surface area contributed by atoms with Gasteiger partial charge in [-0.15, -0.1) is 0 Å². The summed E-state index contributed by atoms with van der Waals surface area (Å²) in [6.07, 6.45) is 5.52. The molecule has 0 amide bonds. The van der Waals surface area contributed by atoms with E-state index >= 15 is 0 Å². The fourth-order valence-corrected chi connectivity index (χ4v) is 3.35. The molecule has 3 nitrogen and oxygen atoms in total. The van der Waals surface area contributed by atoms with E-state index in [1.807, 2.05) is 20.8 Å². The van der Waals surface area contributed by atoms with Crippen LogP contribution in [0.4, 0.5) is 3.09 Å². The van der Waals surface area contributed by atoms with Gasteiger partial charge in [-0.25, -0.2) is 0 Å². The molecule has 17 heavy (non-hydrogen) atoms. The van der Waals surface area contributed by atoms with Gasteiger partial charge in [0.25, 0.3) is 0 Å². The average Bonchev–Trinajstić information content (AvgIpc) is 2.30. The Bertz CT molecular complexity index is 143. The monoisotopic (exact) mass is 286 g/mol. The molecular weight excluding hydrogens is 259 g/mol. The van der Waals surface area contributed by atoms with Crippen LogP contribution in [0.5, 0.6) is 0 Å². The predicted molar refractivity (Wildman–Crippen MR) is 63.7 cm³/mol. The topological polar surface area (TPSA) is 27.7 Å². The van der Waals surface area contributed by atoms with Gasteiger partial charge in [-0.1, -0.05) is 0 Å². The Labute approximate surface area is 110 Å². The Hall–Kier alpha value is 0.524. The van der Waals surface area contributed by atoms with Crippen molar-refractivity contribution in [1.82, 2.24) is 0 Å². The molecule has 0 aliphatic carbocycles. The maximum atomic E-state index is 14.3. The number of rotatable bonds is 12. The molecule has 0 N–H and O–H groups in total. The van der Waals surface area contributed by atoms with Crippen molar-refractivity contribution >= 4 is 0 Å². The Morgan fingerprint density at radius 1 is 0.706 bits per heavy atom. The summed E-state index contributed by atoms with van der Waals surface area (Å²) in [7, 11) is 0. The molecule has 0 unspecified atom stereocenters. The number of unbranched alkanes of at least 4 members (excludes halogenated alkanes) is 3. The molecule has 0 saturated carbocycles. The summed E-state index contributed by atoms with van der Waals surface area (Å²) in [5.74, 6) is 0. The third-order valence-electron chi connectivity index (χ3n) is 2.32. The molecule has 0 radical (unpaired) electrons. The van der Waals surface area contributed by atoms with Gasteiger partial charge in [0.2, 0.25) is 0 Å². The Morgan fingerprint density at radius 3 is 1.24 bits per heavy atom. The second-order valence-electron chi connectivity index (χ2n) is 4.09. The SMILES string of the molecule is CCCC[O][Ti]([F])([O]CCCC)[O]CCCC. The molecule has 0 saturated heterocycles. The molecule has 0 aliphatic heterocycles. The first-order valence-electron chi connectivity index (χ1n) is 6.79. The first-order valence-corrected chi connectivity index (χ1v) is 9.29. The van der Waals surface area contributed by atoms with Crippen LogP contribution in [0.25, 0.3) is 0 Å². The zero-order valence-corrected chi connectivity index (χ0v) is 13.0. The predicted octanol–water partition coefficient (Wildman–Crippen LogP) is 4.22. The van der Waals surface area contributed by atoms with Crippen molar-refractivity contribution in [1.29, 1.82) is 0 Å². The molecule has 104 valence electrons. The van der Waals surface area contributed by atoms with Crippen LogP contribution >= 0.6 is 0 Å². The Kier molecular flexibility index (Phi) is 12.0. The first kappa shape index (κ1) is 17.5. The normalized spacial score (nSPS) is 12.0. The first-order chi connectivity index (χ1) is 8.18. The van der Waals surface area contributed by atoms with Gasteiger partial charge in [-0.2, -0.15) is 0 Å². The third kappa shape index (κ3) is 10.2. The number of halogens is 1. The van der Waals surface area contributed by atoms with Crippen molar-refractivity contribution in [3.05, 3.63) is 0 Å². The summed E-state index contributed by atoms with van der Waals surface area (Å²) in [5.41, 5.74) is 0. The van der Waals surface area contributed by atoms with Crippen molar-refractivity contribution < 1.29 is 31.3 Å². The molecule has 0 aromatic rings. The summed E-state index contributed by atoms with van der Waals surface area (Å²) >= 11 is -4.39. The van der Waals surface area contributed by atoms with Gasteiger partial charge in [0.15, 0.2) is 0 Å². The number of hydrogen-bond donors (Lipinski definition) is 0.